The summed E-state index contributed by atoms with van der Waals surface area (Å²) < 4.78 is 10.5. The van der Waals surface area contributed by atoms with Crippen molar-refractivity contribution in [3.05, 3.63) is 29.8 Å². The van der Waals surface area contributed by atoms with Crippen molar-refractivity contribution < 1.29 is 14.3 Å². The van der Waals surface area contributed by atoms with Gasteiger partial charge in [0.1, 0.15) is 11.3 Å². The first-order valence-corrected chi connectivity index (χ1v) is 7.01. The van der Waals surface area contributed by atoms with Gasteiger partial charge in [-0.2, -0.15) is 0 Å². The molecule has 0 bridgehead atoms. The van der Waals surface area contributed by atoms with Gasteiger partial charge in [-0.25, -0.2) is 0 Å². The van der Waals surface area contributed by atoms with E-state index in [1.165, 1.54) is 12.7 Å². The highest BCUT2D eigenvalue weighted by molar-refractivity contribution is 5.79. The van der Waals surface area contributed by atoms with Crippen LogP contribution in [0.25, 0.3) is 0 Å². The van der Waals surface area contributed by atoms with Gasteiger partial charge >= 0.3 is 5.97 Å². The molecule has 4 heteroatoms. The largest absolute Gasteiger partial charge is 0.493 e. The van der Waals surface area contributed by atoms with Crippen LogP contribution in [0.5, 0.6) is 5.75 Å². The van der Waals surface area contributed by atoms with Crippen LogP contribution in [0.1, 0.15) is 45.1 Å². The first kappa shape index (κ1) is 16.5. The zero-order valence-electron chi connectivity index (χ0n) is 12.8. The molecule has 2 unspecified atom stereocenters. The molecule has 4 nitrogen and oxygen atoms in total. The van der Waals surface area contributed by atoms with Crippen molar-refractivity contribution >= 4 is 5.97 Å². The van der Waals surface area contributed by atoms with E-state index in [1.807, 2.05) is 18.2 Å². The maximum atomic E-state index is 11.5. The number of carbonyl (C=O) groups is 1. The molecule has 1 aromatic carbocycles. The summed E-state index contributed by atoms with van der Waals surface area (Å²) in [6.07, 6.45) is 1.46. The second kappa shape index (κ2) is 7.29. The lowest BCUT2D eigenvalue weighted by atomic mass is 9.97. The van der Waals surface area contributed by atoms with Crippen molar-refractivity contribution in [3.63, 3.8) is 0 Å². The minimum atomic E-state index is -1.01. The number of ether oxygens (including phenoxy) is 2. The predicted molar refractivity (Wildman–Crippen MR) is 79.9 cm³/mol. The molecule has 0 saturated carbocycles. The van der Waals surface area contributed by atoms with Crippen LogP contribution in [0.2, 0.25) is 0 Å². The molecule has 1 aromatic rings. The SMILES string of the molecule is CCC(C)c1ccccc1OCCC(C)(N)C(=O)OC. The molecule has 2 atom stereocenters. The molecule has 0 spiro atoms. The van der Waals surface area contributed by atoms with Gasteiger partial charge in [-0.15, -0.1) is 0 Å². The van der Waals surface area contributed by atoms with Gasteiger partial charge in [0, 0.05) is 6.42 Å². The fraction of sp³-hybridized carbons (Fsp3) is 0.562. The Hall–Kier alpha value is -1.55. The Kier molecular flexibility index (Phi) is 6.02. The Morgan fingerprint density at radius 3 is 2.65 bits per heavy atom. The maximum absolute atomic E-state index is 11.5. The summed E-state index contributed by atoms with van der Waals surface area (Å²) in [6, 6.07) is 7.98. The molecular formula is C16H25NO3. The van der Waals surface area contributed by atoms with E-state index in [9.17, 15) is 4.79 Å². The molecule has 0 aliphatic rings. The molecule has 0 fully saturated rings. The fourth-order valence-electron chi connectivity index (χ4n) is 1.95. The van der Waals surface area contributed by atoms with Gasteiger partial charge < -0.3 is 15.2 Å². The summed E-state index contributed by atoms with van der Waals surface area (Å²) in [7, 11) is 1.34. The Morgan fingerprint density at radius 2 is 2.05 bits per heavy atom. The number of esters is 1. The zero-order valence-corrected chi connectivity index (χ0v) is 12.8. The first-order chi connectivity index (χ1) is 9.42. The van der Waals surface area contributed by atoms with Crippen molar-refractivity contribution in [2.75, 3.05) is 13.7 Å². The third-order valence-corrected chi connectivity index (χ3v) is 3.59. The number of methoxy groups -OCH3 is 1. The van der Waals surface area contributed by atoms with Gasteiger partial charge in [-0.05, 0) is 30.9 Å². The molecule has 0 heterocycles. The number of para-hydroxylation sites is 1. The molecule has 112 valence electrons. The van der Waals surface area contributed by atoms with Gasteiger partial charge in [0.25, 0.3) is 0 Å². The average Bonchev–Trinajstić information content (AvgIpc) is 2.45. The van der Waals surface area contributed by atoms with Gasteiger partial charge in [0.05, 0.1) is 13.7 Å². The monoisotopic (exact) mass is 279 g/mol. The summed E-state index contributed by atoms with van der Waals surface area (Å²) in [5, 5.41) is 0. The van der Waals surface area contributed by atoms with E-state index in [0.29, 0.717) is 18.9 Å². The van der Waals surface area contributed by atoms with Crippen LogP contribution in [0.3, 0.4) is 0 Å². The van der Waals surface area contributed by atoms with E-state index in [-0.39, 0.29) is 0 Å². The predicted octanol–water partition coefficient (Wildman–Crippen LogP) is 2.86. The highest BCUT2D eigenvalue weighted by Crippen LogP contribution is 2.28. The van der Waals surface area contributed by atoms with Crippen LogP contribution in [-0.2, 0) is 9.53 Å². The number of benzene rings is 1. The average molecular weight is 279 g/mol. The topological polar surface area (TPSA) is 61.5 Å². The smallest absolute Gasteiger partial charge is 0.325 e. The van der Waals surface area contributed by atoms with Crippen LogP contribution < -0.4 is 10.5 Å². The van der Waals surface area contributed by atoms with E-state index in [4.69, 9.17) is 10.5 Å². The van der Waals surface area contributed by atoms with Crippen molar-refractivity contribution in [3.8, 4) is 5.75 Å². The number of hydrogen-bond donors (Lipinski definition) is 1. The minimum absolute atomic E-state index is 0.384. The molecule has 1 rings (SSSR count). The lowest BCUT2D eigenvalue weighted by Crippen LogP contribution is -2.46. The molecule has 0 amide bonds. The highest BCUT2D eigenvalue weighted by atomic mass is 16.5. The summed E-state index contributed by atoms with van der Waals surface area (Å²) >= 11 is 0. The van der Waals surface area contributed by atoms with Crippen LogP contribution in [0.15, 0.2) is 24.3 Å². The van der Waals surface area contributed by atoms with Crippen molar-refractivity contribution in [1.82, 2.24) is 0 Å². The van der Waals surface area contributed by atoms with Gasteiger partial charge in [0.2, 0.25) is 0 Å². The van der Waals surface area contributed by atoms with Gasteiger partial charge in [-0.1, -0.05) is 32.0 Å². The van der Waals surface area contributed by atoms with Crippen LogP contribution in [-0.4, -0.2) is 25.2 Å². The lowest BCUT2D eigenvalue weighted by Gasteiger charge is -2.22. The number of hydrogen-bond acceptors (Lipinski definition) is 4. The normalized spacial score (nSPS) is 15.2. The maximum Gasteiger partial charge on any atom is 0.325 e. The molecule has 20 heavy (non-hydrogen) atoms. The summed E-state index contributed by atoms with van der Waals surface area (Å²) in [5.74, 6) is 0.884. The third-order valence-electron chi connectivity index (χ3n) is 3.59. The molecule has 0 aliphatic heterocycles. The number of rotatable bonds is 7. The van der Waals surface area contributed by atoms with Crippen LogP contribution in [0.4, 0.5) is 0 Å². The molecule has 0 saturated heterocycles. The summed E-state index contributed by atoms with van der Waals surface area (Å²) in [5.41, 5.74) is 6.08. The molecule has 0 aromatic heterocycles. The fourth-order valence-corrected chi connectivity index (χ4v) is 1.95. The summed E-state index contributed by atoms with van der Waals surface area (Å²) in [6.45, 7) is 6.36. The van der Waals surface area contributed by atoms with Crippen molar-refractivity contribution in [2.45, 2.75) is 45.1 Å². The van der Waals surface area contributed by atoms with E-state index in [1.54, 1.807) is 6.92 Å². The Labute approximate surface area is 121 Å². The first-order valence-electron chi connectivity index (χ1n) is 7.01. The van der Waals surface area contributed by atoms with E-state index >= 15 is 0 Å². The van der Waals surface area contributed by atoms with Gasteiger partial charge in [0.15, 0.2) is 0 Å². The molecular weight excluding hydrogens is 254 g/mol. The van der Waals surface area contributed by atoms with E-state index < -0.39 is 11.5 Å². The van der Waals surface area contributed by atoms with Crippen LogP contribution >= 0.6 is 0 Å². The molecule has 0 aliphatic carbocycles. The minimum Gasteiger partial charge on any atom is -0.493 e. The second-order valence-corrected chi connectivity index (χ2v) is 5.35. The standard InChI is InChI=1S/C16H25NO3/c1-5-12(2)13-8-6-7-9-14(13)20-11-10-16(3,17)15(18)19-4/h6-9,12H,5,10-11,17H2,1-4H3. The summed E-state index contributed by atoms with van der Waals surface area (Å²) in [4.78, 5) is 11.5. The third kappa shape index (κ3) is 4.23. The zero-order chi connectivity index (χ0) is 15.2. The Balaban J connectivity index is 2.65. The van der Waals surface area contributed by atoms with Crippen molar-refractivity contribution in [1.29, 1.82) is 0 Å². The van der Waals surface area contributed by atoms with Gasteiger partial charge in [-0.3, -0.25) is 4.79 Å². The second-order valence-electron chi connectivity index (χ2n) is 5.35. The number of carbonyl (C=O) groups excluding carboxylic acids is 1. The highest BCUT2D eigenvalue weighted by Gasteiger charge is 2.29. The van der Waals surface area contributed by atoms with E-state index in [0.717, 1.165) is 12.2 Å². The quantitative estimate of drug-likeness (QED) is 0.780. The lowest BCUT2D eigenvalue weighted by molar-refractivity contribution is -0.146. The van der Waals surface area contributed by atoms with Crippen molar-refractivity contribution in [2.24, 2.45) is 5.73 Å². The number of nitrogens with two attached hydrogens (primary N) is 1. The molecule has 0 radical (unpaired) electrons. The Bertz CT molecular complexity index is 443. The molecule has 2 N–H and O–H groups in total. The van der Waals surface area contributed by atoms with E-state index in [2.05, 4.69) is 24.7 Å². The Morgan fingerprint density at radius 1 is 1.40 bits per heavy atom. The van der Waals surface area contributed by atoms with Crippen LogP contribution in [0, 0.1) is 0 Å².